The second kappa shape index (κ2) is 11.4. The Hall–Kier alpha value is -3.08. The fourth-order valence-corrected chi connectivity index (χ4v) is 5.16. The molecule has 1 aliphatic carbocycles. The third-order valence-electron chi connectivity index (χ3n) is 7.10. The summed E-state index contributed by atoms with van der Waals surface area (Å²) in [6, 6.07) is 15.3. The molecule has 3 aromatic rings. The van der Waals surface area contributed by atoms with Crippen LogP contribution in [0.1, 0.15) is 92.4 Å². The van der Waals surface area contributed by atoms with E-state index in [-0.39, 0.29) is 5.69 Å². The highest BCUT2D eigenvalue weighted by Gasteiger charge is 2.21. The molecule has 0 amide bonds. The summed E-state index contributed by atoms with van der Waals surface area (Å²) in [6.45, 7) is 2.76. The first-order chi connectivity index (χ1) is 16.6. The van der Waals surface area contributed by atoms with Crippen LogP contribution in [0.15, 0.2) is 59.5 Å². The highest BCUT2D eigenvalue weighted by atomic mass is 16.4. The van der Waals surface area contributed by atoms with Crippen LogP contribution in [0.4, 0.5) is 0 Å². The van der Waals surface area contributed by atoms with E-state index in [4.69, 9.17) is 0 Å². The van der Waals surface area contributed by atoms with E-state index in [1.54, 1.807) is 12.1 Å². The Bertz CT molecular complexity index is 1150. The van der Waals surface area contributed by atoms with Crippen molar-refractivity contribution < 1.29 is 9.90 Å². The molecule has 0 aliphatic heterocycles. The second-order valence-electron chi connectivity index (χ2n) is 9.55. The number of aromatic carboxylic acids is 1. The summed E-state index contributed by atoms with van der Waals surface area (Å²) >= 11 is 0. The van der Waals surface area contributed by atoms with E-state index < -0.39 is 5.97 Å². The Morgan fingerprint density at radius 2 is 1.71 bits per heavy atom. The molecule has 1 heterocycles. The molecule has 1 aliphatic rings. The van der Waals surface area contributed by atoms with Gasteiger partial charge in [0.2, 0.25) is 0 Å². The number of unbranched alkanes of at least 4 members (excludes halogenated alkanes) is 3. The van der Waals surface area contributed by atoms with Gasteiger partial charge in [-0.15, -0.1) is 0 Å². The summed E-state index contributed by atoms with van der Waals surface area (Å²) in [5, 5.41) is 9.51. The predicted octanol–water partition coefficient (Wildman–Crippen LogP) is 6.69. The van der Waals surface area contributed by atoms with Crippen LogP contribution in [-0.4, -0.2) is 20.2 Å². The zero-order valence-corrected chi connectivity index (χ0v) is 20.2. The van der Waals surface area contributed by atoms with Crippen molar-refractivity contribution in [3.8, 4) is 11.1 Å². The number of hydrogen-bond donors (Lipinski definition) is 1. The van der Waals surface area contributed by atoms with Crippen molar-refractivity contribution in [1.29, 1.82) is 0 Å². The van der Waals surface area contributed by atoms with Crippen molar-refractivity contribution in [2.24, 2.45) is 0 Å². The number of carboxylic acid groups (broad SMARTS) is 1. The van der Waals surface area contributed by atoms with Crippen molar-refractivity contribution >= 4 is 5.97 Å². The van der Waals surface area contributed by atoms with Crippen molar-refractivity contribution in [3.05, 3.63) is 82.0 Å². The largest absolute Gasteiger partial charge is 0.478 e. The van der Waals surface area contributed by atoms with Crippen LogP contribution in [0.2, 0.25) is 0 Å². The normalized spacial score (nSPS) is 14.4. The van der Waals surface area contributed by atoms with E-state index in [1.165, 1.54) is 38.5 Å². The molecule has 1 fully saturated rings. The Labute approximate surface area is 202 Å². The number of aryl methyl sites for hydroxylation is 1. The molecule has 180 valence electrons. The van der Waals surface area contributed by atoms with Gasteiger partial charge >= 0.3 is 11.7 Å². The predicted molar refractivity (Wildman–Crippen MR) is 137 cm³/mol. The molecular formula is C29H36N2O3. The summed E-state index contributed by atoms with van der Waals surface area (Å²) in [5.74, 6) is -0.928. The molecule has 5 nitrogen and oxygen atoms in total. The first kappa shape index (κ1) is 24.1. The Morgan fingerprint density at radius 1 is 0.971 bits per heavy atom. The highest BCUT2D eigenvalue weighted by molar-refractivity contribution is 5.95. The number of hydrogen-bond acceptors (Lipinski definition) is 2. The van der Waals surface area contributed by atoms with Crippen LogP contribution in [-0.2, 0) is 13.0 Å². The maximum atomic E-state index is 13.5. The van der Waals surface area contributed by atoms with Gasteiger partial charge < -0.3 is 5.11 Å². The lowest BCUT2D eigenvalue weighted by atomic mass is 9.95. The van der Waals surface area contributed by atoms with Gasteiger partial charge in [-0.25, -0.2) is 9.59 Å². The van der Waals surface area contributed by atoms with Gasteiger partial charge in [0.15, 0.2) is 0 Å². The molecule has 0 unspecified atom stereocenters. The number of rotatable bonds is 10. The Kier molecular flexibility index (Phi) is 8.04. The van der Waals surface area contributed by atoms with E-state index in [0.29, 0.717) is 23.7 Å². The smallest absolute Gasteiger partial charge is 0.336 e. The van der Waals surface area contributed by atoms with Crippen molar-refractivity contribution in [2.45, 2.75) is 83.7 Å². The van der Waals surface area contributed by atoms with Gasteiger partial charge in [0.25, 0.3) is 0 Å². The van der Waals surface area contributed by atoms with E-state index >= 15 is 0 Å². The van der Waals surface area contributed by atoms with Crippen molar-refractivity contribution in [2.75, 3.05) is 0 Å². The lowest BCUT2D eigenvalue weighted by Gasteiger charge is -2.22. The van der Waals surface area contributed by atoms with Crippen molar-refractivity contribution in [3.63, 3.8) is 0 Å². The zero-order chi connectivity index (χ0) is 23.9. The van der Waals surface area contributed by atoms with E-state index in [1.807, 2.05) is 45.5 Å². The summed E-state index contributed by atoms with van der Waals surface area (Å²) in [7, 11) is 0. The molecule has 4 rings (SSSR count). The van der Waals surface area contributed by atoms with E-state index in [0.717, 1.165) is 42.5 Å². The number of carboxylic acids is 1. The summed E-state index contributed by atoms with van der Waals surface area (Å²) in [5.41, 5.74) is 4.16. The standard InChI is InChI=1S/C29H36N2O3/c1-2-3-4-6-13-25-21-31(24-11-7-5-8-12-24)29(34)30(25)20-22-16-18-23(19-17-22)26-14-9-10-15-27(26)28(32)33/h9-10,14-19,21,24H,2-8,11-13,20H2,1H3,(H,32,33). The molecule has 34 heavy (non-hydrogen) atoms. The van der Waals surface area contributed by atoms with Crippen molar-refractivity contribution in [1.82, 2.24) is 9.13 Å². The molecule has 0 bridgehead atoms. The minimum absolute atomic E-state index is 0.109. The number of aromatic nitrogens is 2. The molecular weight excluding hydrogens is 424 g/mol. The fraction of sp³-hybridized carbons (Fsp3) is 0.448. The van der Waals surface area contributed by atoms with Crippen LogP contribution in [0, 0.1) is 0 Å². The van der Waals surface area contributed by atoms with Gasteiger partial charge in [-0.1, -0.05) is 87.9 Å². The lowest BCUT2D eigenvalue weighted by molar-refractivity contribution is 0.0697. The number of benzene rings is 2. The Balaban J connectivity index is 1.59. The first-order valence-electron chi connectivity index (χ1n) is 12.8. The van der Waals surface area contributed by atoms with Crippen LogP contribution in [0.3, 0.4) is 0 Å². The van der Waals surface area contributed by atoms with Gasteiger partial charge in [0.1, 0.15) is 0 Å². The fourth-order valence-electron chi connectivity index (χ4n) is 5.16. The number of nitrogens with zero attached hydrogens (tertiary/aromatic N) is 2. The maximum Gasteiger partial charge on any atom is 0.336 e. The summed E-state index contributed by atoms with van der Waals surface area (Å²) in [6.07, 6.45) is 13.6. The van der Waals surface area contributed by atoms with Gasteiger partial charge in [0.05, 0.1) is 12.1 Å². The third-order valence-corrected chi connectivity index (χ3v) is 7.10. The maximum absolute atomic E-state index is 13.5. The van der Waals surface area contributed by atoms with Crippen LogP contribution in [0.25, 0.3) is 11.1 Å². The molecule has 2 aromatic carbocycles. The Morgan fingerprint density at radius 3 is 2.41 bits per heavy atom. The van der Waals surface area contributed by atoms with Crippen LogP contribution >= 0.6 is 0 Å². The summed E-state index contributed by atoms with van der Waals surface area (Å²) < 4.78 is 3.96. The van der Waals surface area contributed by atoms with E-state index in [2.05, 4.69) is 13.1 Å². The minimum atomic E-state index is -0.928. The number of imidazole rings is 1. The molecule has 1 saturated carbocycles. The quantitative estimate of drug-likeness (QED) is 0.343. The minimum Gasteiger partial charge on any atom is -0.478 e. The lowest BCUT2D eigenvalue weighted by Crippen LogP contribution is -2.29. The molecule has 0 saturated heterocycles. The highest BCUT2D eigenvalue weighted by Crippen LogP contribution is 2.28. The number of carbonyl (C=O) groups is 1. The summed E-state index contributed by atoms with van der Waals surface area (Å²) in [4.78, 5) is 25.0. The molecule has 0 radical (unpaired) electrons. The van der Waals surface area contributed by atoms with Gasteiger partial charge in [0, 0.05) is 17.9 Å². The van der Waals surface area contributed by atoms with Gasteiger partial charge in [-0.3, -0.25) is 9.13 Å². The van der Waals surface area contributed by atoms with Gasteiger partial charge in [-0.2, -0.15) is 0 Å². The second-order valence-corrected chi connectivity index (χ2v) is 9.55. The zero-order valence-electron chi connectivity index (χ0n) is 20.2. The molecule has 0 atom stereocenters. The molecule has 0 spiro atoms. The van der Waals surface area contributed by atoms with E-state index in [9.17, 15) is 14.7 Å². The SMILES string of the molecule is CCCCCCc1cn(C2CCCCC2)c(=O)n1Cc1ccc(-c2ccccc2C(=O)O)cc1. The topological polar surface area (TPSA) is 64.2 Å². The van der Waals surface area contributed by atoms with Gasteiger partial charge in [-0.05, 0) is 48.4 Å². The average molecular weight is 461 g/mol. The molecule has 5 heteroatoms. The average Bonchev–Trinajstić information content (AvgIpc) is 3.18. The molecule has 1 aromatic heterocycles. The molecule has 1 N–H and O–H groups in total. The third kappa shape index (κ3) is 5.52. The van der Waals surface area contributed by atoms with Crippen LogP contribution < -0.4 is 5.69 Å². The monoisotopic (exact) mass is 460 g/mol. The van der Waals surface area contributed by atoms with Crippen LogP contribution in [0.5, 0.6) is 0 Å². The first-order valence-corrected chi connectivity index (χ1v) is 12.8.